The van der Waals surface area contributed by atoms with Crippen molar-refractivity contribution in [1.29, 1.82) is 0 Å². The molecular formula is C38H69O2PS2Zn. The van der Waals surface area contributed by atoms with E-state index in [0.29, 0.717) is 5.75 Å². The summed E-state index contributed by atoms with van der Waals surface area (Å²) < 4.78 is 5.52. The van der Waals surface area contributed by atoms with Crippen LogP contribution in [0.5, 0.6) is 5.75 Å². The van der Waals surface area contributed by atoms with Crippen LogP contribution in [0.3, 0.4) is 0 Å². The molecule has 0 spiro atoms. The van der Waals surface area contributed by atoms with E-state index in [4.69, 9.17) is 29.0 Å². The minimum absolute atomic E-state index is 0. The summed E-state index contributed by atoms with van der Waals surface area (Å²) in [5.74, 6) is 0.608. The van der Waals surface area contributed by atoms with Crippen molar-refractivity contribution in [2.24, 2.45) is 0 Å². The molecule has 0 aliphatic carbocycles. The maximum Gasteiger partial charge on any atom is 2.00 e. The van der Waals surface area contributed by atoms with E-state index >= 15 is 0 Å². The van der Waals surface area contributed by atoms with Gasteiger partial charge in [-0.15, -0.1) is 6.12 Å². The monoisotopic (exact) mass is 716 g/mol. The molecule has 0 unspecified atom stereocenters. The van der Waals surface area contributed by atoms with Gasteiger partial charge in [0.15, 0.2) is 5.75 Å². The third-order valence-electron chi connectivity index (χ3n) is 8.88. The fourth-order valence-corrected chi connectivity index (χ4v) is 7.13. The van der Waals surface area contributed by atoms with Crippen LogP contribution in [0.4, 0.5) is 0 Å². The Hall–Kier alpha value is 0.733. The van der Waals surface area contributed by atoms with Crippen molar-refractivity contribution in [1.82, 2.24) is 0 Å². The summed E-state index contributed by atoms with van der Waals surface area (Å²) in [5.41, 5.74) is 2.55. The summed E-state index contributed by atoms with van der Waals surface area (Å²) in [4.78, 5) is 12.0. The molecule has 1 rings (SSSR count). The average molecular weight is 718 g/mol. The predicted molar refractivity (Wildman–Crippen MR) is 197 cm³/mol. The SMILES string of the molecule is CCCCCCCCCCCCCCCCc1cc(CCCCCCCCCCCCCCCC)cc(O[P+]([O-])([S-])[S-])c1.[Zn+2]. The van der Waals surface area contributed by atoms with Gasteiger partial charge in [-0.2, -0.15) is 0 Å². The summed E-state index contributed by atoms with van der Waals surface area (Å²) in [5, 5.41) is 0. The van der Waals surface area contributed by atoms with Crippen LogP contribution in [0.2, 0.25) is 0 Å². The molecular weight excluding hydrogens is 649 g/mol. The Morgan fingerprint density at radius 3 is 0.955 bits per heavy atom. The number of unbranched alkanes of at least 4 members (excludes halogenated alkanes) is 26. The molecule has 44 heavy (non-hydrogen) atoms. The normalized spacial score (nSPS) is 11.6. The summed E-state index contributed by atoms with van der Waals surface area (Å²) in [6.45, 7) is 4.58. The van der Waals surface area contributed by atoms with Gasteiger partial charge in [0, 0.05) is 0 Å². The third-order valence-corrected chi connectivity index (χ3v) is 9.76. The van der Waals surface area contributed by atoms with Crippen LogP contribution in [0.15, 0.2) is 18.2 Å². The first kappa shape index (κ1) is 44.7. The minimum Gasteiger partial charge on any atom is -0.682 e. The van der Waals surface area contributed by atoms with Crippen molar-refractivity contribution in [3.05, 3.63) is 29.3 Å². The second kappa shape index (κ2) is 32.3. The van der Waals surface area contributed by atoms with Crippen LogP contribution in [0.1, 0.15) is 205 Å². The molecule has 0 saturated heterocycles. The molecule has 0 bridgehead atoms. The van der Waals surface area contributed by atoms with Crippen molar-refractivity contribution in [3.8, 4) is 5.75 Å². The van der Waals surface area contributed by atoms with Crippen LogP contribution in [0, 0.1) is 0 Å². The molecule has 0 aliphatic rings. The Morgan fingerprint density at radius 1 is 0.455 bits per heavy atom. The number of hydrogen-bond donors (Lipinski definition) is 0. The average Bonchev–Trinajstić information content (AvgIpc) is 2.96. The first-order chi connectivity index (χ1) is 20.9. The number of hydrogen-bond acceptors (Lipinski definition) is 4. The second-order valence-corrected chi connectivity index (χ2v) is 17.9. The van der Waals surface area contributed by atoms with Crippen LogP contribution < -0.4 is 9.42 Å². The maximum atomic E-state index is 12.0. The van der Waals surface area contributed by atoms with E-state index in [0.717, 1.165) is 12.8 Å². The summed E-state index contributed by atoms with van der Waals surface area (Å²) in [6, 6.07) is 6.36. The summed E-state index contributed by atoms with van der Waals surface area (Å²) in [6.07, 6.45) is 37.2. The van der Waals surface area contributed by atoms with Gasteiger partial charge in [0.1, 0.15) is 0 Å². The van der Waals surface area contributed by atoms with Crippen LogP contribution in [-0.2, 0) is 56.8 Å². The Morgan fingerprint density at radius 2 is 0.705 bits per heavy atom. The van der Waals surface area contributed by atoms with E-state index in [1.165, 1.54) is 191 Å². The largest absolute Gasteiger partial charge is 2.00 e. The smallest absolute Gasteiger partial charge is 0.682 e. The molecule has 1 aromatic rings. The Bertz CT molecular complexity index is 694. The Labute approximate surface area is 299 Å². The van der Waals surface area contributed by atoms with Gasteiger partial charge in [0.05, 0.1) is 0 Å². The first-order valence-corrected chi connectivity index (χ1v) is 22.4. The molecule has 252 valence electrons. The molecule has 1 aromatic carbocycles. The fraction of sp³-hybridized carbons (Fsp3) is 0.842. The quantitative estimate of drug-likeness (QED) is 0.0321. The molecule has 0 fully saturated rings. The zero-order valence-electron chi connectivity index (χ0n) is 29.2. The molecule has 0 amide bonds. The van der Waals surface area contributed by atoms with Gasteiger partial charge in [-0.3, -0.25) is 0 Å². The predicted octanol–water partition coefficient (Wildman–Crippen LogP) is 13.2. The zero-order valence-corrected chi connectivity index (χ0v) is 34.7. The van der Waals surface area contributed by atoms with Crippen molar-refractivity contribution in [2.45, 2.75) is 206 Å². The Kier molecular flexibility index (Phi) is 32.8. The minimum atomic E-state index is -3.38. The van der Waals surface area contributed by atoms with Gasteiger partial charge in [-0.05, 0) is 48.9 Å². The molecule has 6 heteroatoms. The summed E-state index contributed by atoms with van der Waals surface area (Å²) >= 11 is 9.81. The third kappa shape index (κ3) is 30.1. The topological polar surface area (TPSA) is 32.3 Å². The molecule has 0 atom stereocenters. The van der Waals surface area contributed by atoms with E-state index in [-0.39, 0.29) is 19.5 Å². The zero-order chi connectivity index (χ0) is 31.3. The molecule has 0 aromatic heterocycles. The van der Waals surface area contributed by atoms with E-state index in [9.17, 15) is 4.89 Å². The van der Waals surface area contributed by atoms with Crippen molar-refractivity contribution in [3.63, 3.8) is 0 Å². The van der Waals surface area contributed by atoms with Gasteiger partial charge in [-0.1, -0.05) is 187 Å². The van der Waals surface area contributed by atoms with E-state index in [1.807, 2.05) is 12.1 Å². The molecule has 0 heterocycles. The van der Waals surface area contributed by atoms with Gasteiger partial charge in [-0.25, -0.2) is 0 Å². The van der Waals surface area contributed by atoms with E-state index in [1.54, 1.807) is 0 Å². The maximum absolute atomic E-state index is 12.0. The molecule has 0 radical (unpaired) electrons. The van der Waals surface area contributed by atoms with Crippen LogP contribution >= 0.6 is 6.12 Å². The summed E-state index contributed by atoms with van der Waals surface area (Å²) in [7, 11) is 0. The van der Waals surface area contributed by atoms with Gasteiger partial charge in [0.2, 0.25) is 0 Å². The van der Waals surface area contributed by atoms with Gasteiger partial charge in [0.25, 0.3) is 0 Å². The number of rotatable bonds is 32. The molecule has 0 saturated carbocycles. The van der Waals surface area contributed by atoms with E-state index < -0.39 is 6.12 Å². The van der Waals surface area contributed by atoms with E-state index in [2.05, 4.69) is 19.9 Å². The fourth-order valence-electron chi connectivity index (χ4n) is 6.25. The Balaban J connectivity index is 0.0000185. The van der Waals surface area contributed by atoms with Crippen LogP contribution in [-0.4, -0.2) is 0 Å². The van der Waals surface area contributed by atoms with Gasteiger partial charge < -0.3 is 33.9 Å². The molecule has 0 N–H and O–H groups in total. The van der Waals surface area contributed by atoms with Crippen LogP contribution in [0.25, 0.3) is 0 Å². The van der Waals surface area contributed by atoms with Gasteiger partial charge >= 0.3 is 19.5 Å². The molecule has 2 nitrogen and oxygen atoms in total. The standard InChI is InChI=1S/C38H71O2PS2.Zn/c1-3-5-7-9-11-13-15-17-19-21-23-25-27-29-31-36-33-37(35-38(34-36)40-41(39,42)43)32-30-28-26-24-22-20-18-16-14-12-10-8-6-4-2;/h33-35H,3-32H2,1-2H3,(H2,39,42,43);/q;+2/p-2. The second-order valence-electron chi connectivity index (χ2n) is 13.2. The van der Waals surface area contributed by atoms with Crippen molar-refractivity contribution >= 4 is 30.6 Å². The van der Waals surface area contributed by atoms with Crippen molar-refractivity contribution < 1.29 is 28.9 Å². The number of benzene rings is 1. The first-order valence-electron chi connectivity index (χ1n) is 18.8. The number of aryl methyl sites for hydroxylation is 2. The van der Waals surface area contributed by atoms with Crippen molar-refractivity contribution in [2.75, 3.05) is 0 Å². The molecule has 0 aliphatic heterocycles.